The quantitative estimate of drug-likeness (QED) is 0.594. The monoisotopic (exact) mass is 314 g/mol. The molecule has 0 spiro atoms. The fraction of sp³-hybridized carbons (Fsp3) is 0.316. The van der Waals surface area contributed by atoms with Crippen LogP contribution in [0.3, 0.4) is 0 Å². The zero-order valence-corrected chi connectivity index (χ0v) is 14.0. The van der Waals surface area contributed by atoms with Crippen LogP contribution in [0.1, 0.15) is 30.9 Å². The van der Waals surface area contributed by atoms with Gasteiger partial charge in [0.15, 0.2) is 6.61 Å². The number of ether oxygens (including phenoxy) is 3. The maximum atomic E-state index is 11.9. The molecule has 0 fully saturated rings. The number of aryl methyl sites for hydroxylation is 1. The maximum Gasteiger partial charge on any atom is 0.349 e. The maximum absolute atomic E-state index is 11.9. The zero-order chi connectivity index (χ0) is 16.8. The Kier molecular flexibility index (Phi) is 5.63. The van der Waals surface area contributed by atoms with E-state index in [1.807, 2.05) is 25.1 Å². The van der Waals surface area contributed by atoms with Crippen LogP contribution in [0.15, 0.2) is 42.5 Å². The van der Waals surface area contributed by atoms with Crippen molar-refractivity contribution in [2.45, 2.75) is 26.7 Å². The molecular formula is C19H22O4. The molecule has 2 rings (SSSR count). The number of esters is 1. The number of hydrogen-bond acceptors (Lipinski definition) is 4. The second kappa shape index (κ2) is 7.68. The average molecular weight is 314 g/mol. The lowest BCUT2D eigenvalue weighted by Gasteiger charge is -2.14. The van der Waals surface area contributed by atoms with Crippen LogP contribution in [-0.4, -0.2) is 19.7 Å². The Labute approximate surface area is 137 Å². The van der Waals surface area contributed by atoms with Crippen molar-refractivity contribution in [3.8, 4) is 17.2 Å². The van der Waals surface area contributed by atoms with E-state index < -0.39 is 5.97 Å². The third-order valence-corrected chi connectivity index (χ3v) is 3.43. The fourth-order valence-corrected chi connectivity index (χ4v) is 2.18. The predicted octanol–water partition coefficient (Wildman–Crippen LogP) is 4.11. The molecule has 0 aromatic heterocycles. The van der Waals surface area contributed by atoms with E-state index in [9.17, 15) is 4.79 Å². The molecule has 2 aromatic carbocycles. The number of methoxy groups -OCH3 is 1. The van der Waals surface area contributed by atoms with Gasteiger partial charge in [0.2, 0.25) is 0 Å². The van der Waals surface area contributed by atoms with E-state index in [4.69, 9.17) is 14.2 Å². The summed E-state index contributed by atoms with van der Waals surface area (Å²) >= 11 is 0. The van der Waals surface area contributed by atoms with Gasteiger partial charge in [0.05, 0.1) is 7.11 Å². The van der Waals surface area contributed by atoms with Crippen LogP contribution < -0.4 is 14.2 Å². The second-order valence-electron chi connectivity index (χ2n) is 5.63. The van der Waals surface area contributed by atoms with Crippen molar-refractivity contribution in [3.05, 3.63) is 53.6 Å². The van der Waals surface area contributed by atoms with E-state index in [-0.39, 0.29) is 6.61 Å². The lowest BCUT2D eigenvalue weighted by molar-refractivity contribution is -0.136. The van der Waals surface area contributed by atoms with Gasteiger partial charge in [-0.05, 0) is 54.3 Å². The van der Waals surface area contributed by atoms with Gasteiger partial charge in [-0.15, -0.1) is 0 Å². The summed E-state index contributed by atoms with van der Waals surface area (Å²) in [6.07, 6.45) is 0. The molecule has 0 bridgehead atoms. The van der Waals surface area contributed by atoms with Crippen LogP contribution in [0.25, 0.3) is 0 Å². The minimum Gasteiger partial charge on any atom is -0.497 e. The lowest BCUT2D eigenvalue weighted by Crippen LogP contribution is -2.18. The van der Waals surface area contributed by atoms with Gasteiger partial charge in [-0.2, -0.15) is 0 Å². The number of hydrogen-bond donors (Lipinski definition) is 0. The molecule has 0 unspecified atom stereocenters. The van der Waals surface area contributed by atoms with Crippen molar-refractivity contribution in [2.24, 2.45) is 0 Å². The van der Waals surface area contributed by atoms with Crippen LogP contribution >= 0.6 is 0 Å². The summed E-state index contributed by atoms with van der Waals surface area (Å²) in [6.45, 7) is 6.04. The van der Waals surface area contributed by atoms with Gasteiger partial charge < -0.3 is 14.2 Å². The second-order valence-corrected chi connectivity index (χ2v) is 5.63. The largest absolute Gasteiger partial charge is 0.497 e. The van der Waals surface area contributed by atoms with Gasteiger partial charge in [0.25, 0.3) is 0 Å². The highest BCUT2D eigenvalue weighted by atomic mass is 16.6. The molecule has 0 heterocycles. The molecule has 0 saturated heterocycles. The summed E-state index contributed by atoms with van der Waals surface area (Å²) in [5, 5.41) is 0. The summed E-state index contributed by atoms with van der Waals surface area (Å²) in [5.74, 6) is 1.79. The van der Waals surface area contributed by atoms with Gasteiger partial charge in [0, 0.05) is 0 Å². The molecule has 0 aliphatic carbocycles. The summed E-state index contributed by atoms with van der Waals surface area (Å²) in [4.78, 5) is 11.9. The molecule has 0 N–H and O–H groups in total. The number of carbonyl (C=O) groups excluding carboxylic acids is 1. The Morgan fingerprint density at radius 2 is 1.70 bits per heavy atom. The van der Waals surface area contributed by atoms with Crippen LogP contribution in [0.5, 0.6) is 17.2 Å². The number of benzene rings is 2. The Morgan fingerprint density at radius 1 is 1.04 bits per heavy atom. The van der Waals surface area contributed by atoms with Gasteiger partial charge >= 0.3 is 5.97 Å². The van der Waals surface area contributed by atoms with E-state index in [0.717, 1.165) is 16.9 Å². The molecule has 0 amide bonds. The Morgan fingerprint density at radius 3 is 2.30 bits per heavy atom. The van der Waals surface area contributed by atoms with E-state index in [1.54, 1.807) is 31.4 Å². The van der Waals surface area contributed by atoms with Crippen LogP contribution in [0.4, 0.5) is 0 Å². The molecule has 0 atom stereocenters. The highest BCUT2D eigenvalue weighted by Gasteiger charge is 2.11. The Balaban J connectivity index is 1.97. The summed E-state index contributed by atoms with van der Waals surface area (Å²) in [5.41, 5.74) is 2.17. The van der Waals surface area contributed by atoms with E-state index >= 15 is 0 Å². The van der Waals surface area contributed by atoms with Gasteiger partial charge in [-0.25, -0.2) is 4.79 Å². The molecular weight excluding hydrogens is 292 g/mol. The highest BCUT2D eigenvalue weighted by molar-refractivity contribution is 5.74. The third-order valence-electron chi connectivity index (χ3n) is 3.43. The Bertz CT molecular complexity index is 660. The standard InChI is InChI=1S/C19H22O4/c1-13(2)17-10-5-14(3)11-18(17)22-12-19(20)23-16-8-6-15(21-4)7-9-16/h5-11,13H,12H2,1-4H3. The molecule has 0 saturated carbocycles. The lowest BCUT2D eigenvalue weighted by atomic mass is 10.0. The first-order valence-electron chi connectivity index (χ1n) is 7.57. The van der Waals surface area contributed by atoms with Crippen LogP contribution in [0.2, 0.25) is 0 Å². The third kappa shape index (κ3) is 4.74. The van der Waals surface area contributed by atoms with Crippen molar-refractivity contribution < 1.29 is 19.0 Å². The summed E-state index contributed by atoms with van der Waals surface area (Å²) < 4.78 is 16.0. The van der Waals surface area contributed by atoms with Crippen molar-refractivity contribution in [3.63, 3.8) is 0 Å². The summed E-state index contributed by atoms with van der Waals surface area (Å²) in [7, 11) is 1.59. The zero-order valence-electron chi connectivity index (χ0n) is 14.0. The van der Waals surface area contributed by atoms with Gasteiger partial charge in [-0.3, -0.25) is 0 Å². The minimum atomic E-state index is -0.439. The van der Waals surface area contributed by atoms with Crippen LogP contribution in [-0.2, 0) is 4.79 Å². The smallest absolute Gasteiger partial charge is 0.349 e. The highest BCUT2D eigenvalue weighted by Crippen LogP contribution is 2.27. The first-order chi connectivity index (χ1) is 11.0. The molecule has 0 aliphatic heterocycles. The van der Waals surface area contributed by atoms with E-state index in [0.29, 0.717) is 17.4 Å². The fourth-order valence-electron chi connectivity index (χ4n) is 2.18. The normalized spacial score (nSPS) is 10.5. The average Bonchev–Trinajstić information content (AvgIpc) is 2.53. The molecule has 2 aromatic rings. The first-order valence-corrected chi connectivity index (χ1v) is 7.57. The van der Waals surface area contributed by atoms with Crippen LogP contribution in [0, 0.1) is 6.92 Å². The molecule has 23 heavy (non-hydrogen) atoms. The topological polar surface area (TPSA) is 44.8 Å². The van der Waals surface area contributed by atoms with E-state index in [1.165, 1.54) is 0 Å². The SMILES string of the molecule is COc1ccc(OC(=O)COc2cc(C)ccc2C(C)C)cc1. The molecule has 0 radical (unpaired) electrons. The minimum absolute atomic E-state index is 0.130. The first kappa shape index (κ1) is 16.9. The summed E-state index contributed by atoms with van der Waals surface area (Å²) in [6, 6.07) is 12.9. The predicted molar refractivity (Wildman–Crippen MR) is 89.4 cm³/mol. The molecule has 122 valence electrons. The van der Waals surface area contributed by atoms with Gasteiger partial charge in [-0.1, -0.05) is 26.0 Å². The molecule has 0 aliphatic rings. The number of rotatable bonds is 6. The number of carbonyl (C=O) groups is 1. The Hall–Kier alpha value is -2.49. The molecule has 4 heteroatoms. The van der Waals surface area contributed by atoms with Gasteiger partial charge in [0.1, 0.15) is 17.2 Å². The van der Waals surface area contributed by atoms with Crippen molar-refractivity contribution >= 4 is 5.97 Å². The van der Waals surface area contributed by atoms with Crippen molar-refractivity contribution in [1.29, 1.82) is 0 Å². The van der Waals surface area contributed by atoms with E-state index in [2.05, 4.69) is 13.8 Å². The van der Waals surface area contributed by atoms with Crippen molar-refractivity contribution in [1.82, 2.24) is 0 Å². The van der Waals surface area contributed by atoms with Crippen molar-refractivity contribution in [2.75, 3.05) is 13.7 Å². The molecule has 4 nitrogen and oxygen atoms in total.